The monoisotopic (exact) mass is 310 g/mol. The van der Waals surface area contributed by atoms with Gasteiger partial charge in [-0.15, -0.1) is 0 Å². The van der Waals surface area contributed by atoms with Crippen molar-refractivity contribution in [2.24, 2.45) is 0 Å². The van der Waals surface area contributed by atoms with Crippen LogP contribution in [0.1, 0.15) is 17.2 Å². The zero-order chi connectivity index (χ0) is 15.5. The number of rotatable bonds is 3. The minimum atomic E-state index is -4.52. The average Bonchev–Trinajstić information content (AvgIpc) is 2.45. The Hall–Kier alpha value is -2.19. The summed E-state index contributed by atoms with van der Waals surface area (Å²) in [5, 5.41) is 12.3. The van der Waals surface area contributed by atoms with Gasteiger partial charge in [-0.05, 0) is 18.2 Å². The fourth-order valence-electron chi connectivity index (χ4n) is 1.92. The van der Waals surface area contributed by atoms with Crippen LogP contribution in [0.5, 0.6) is 0 Å². The van der Waals surface area contributed by atoms with Crippen molar-refractivity contribution in [3.05, 3.63) is 64.7 Å². The zero-order valence-electron chi connectivity index (χ0n) is 10.7. The third-order valence-electron chi connectivity index (χ3n) is 2.88. The molecule has 0 heterocycles. The van der Waals surface area contributed by atoms with E-state index in [-0.39, 0.29) is 5.56 Å². The van der Waals surface area contributed by atoms with Gasteiger partial charge < -0.3 is 5.32 Å². The number of nitriles is 1. The molecule has 2 aromatic carbocycles. The van der Waals surface area contributed by atoms with E-state index in [4.69, 9.17) is 11.6 Å². The van der Waals surface area contributed by atoms with Crippen LogP contribution in [0.15, 0.2) is 48.5 Å². The summed E-state index contributed by atoms with van der Waals surface area (Å²) in [6.45, 7) is 0. The van der Waals surface area contributed by atoms with Crippen molar-refractivity contribution in [2.45, 2.75) is 12.2 Å². The first-order valence-corrected chi connectivity index (χ1v) is 6.38. The maximum Gasteiger partial charge on any atom is 0.416 e. The summed E-state index contributed by atoms with van der Waals surface area (Å²) < 4.78 is 39.0. The van der Waals surface area contributed by atoms with Crippen LogP contribution in [0, 0.1) is 11.3 Å². The lowest BCUT2D eigenvalue weighted by atomic mass is 10.0. The van der Waals surface area contributed by atoms with Gasteiger partial charge in [-0.3, -0.25) is 0 Å². The average molecular weight is 311 g/mol. The fourth-order valence-corrected chi connectivity index (χ4v) is 2.11. The molecule has 2 rings (SSSR count). The summed E-state index contributed by atoms with van der Waals surface area (Å²) in [5.41, 5.74) is -0.564. The van der Waals surface area contributed by atoms with Gasteiger partial charge in [0.1, 0.15) is 6.04 Å². The normalized spacial score (nSPS) is 12.5. The highest BCUT2D eigenvalue weighted by molar-refractivity contribution is 6.33. The molecule has 2 aromatic rings. The number of anilines is 1. The molecule has 6 heteroatoms. The lowest BCUT2D eigenvalue weighted by Crippen LogP contribution is -2.16. The molecule has 1 atom stereocenters. The molecule has 0 fully saturated rings. The molecule has 0 radical (unpaired) electrons. The van der Waals surface area contributed by atoms with Crippen molar-refractivity contribution >= 4 is 17.3 Å². The highest BCUT2D eigenvalue weighted by atomic mass is 35.5. The Labute approximate surface area is 124 Å². The minimum absolute atomic E-state index is 0.132. The molecule has 0 aromatic heterocycles. The Morgan fingerprint density at radius 1 is 1.05 bits per heavy atom. The largest absolute Gasteiger partial charge is 0.416 e. The molecule has 108 valence electrons. The first-order chi connectivity index (χ1) is 9.93. The van der Waals surface area contributed by atoms with Gasteiger partial charge in [-0.2, -0.15) is 18.4 Å². The standard InChI is InChI=1S/C15H10ClF3N2/c16-12-7-3-4-8-13(12)21-14(9-20)10-5-1-2-6-11(10)15(17,18)19/h1-8,14,21H. The van der Waals surface area contributed by atoms with Crippen LogP contribution in [0.4, 0.5) is 18.9 Å². The summed E-state index contributed by atoms with van der Waals surface area (Å²) in [6.07, 6.45) is -4.52. The van der Waals surface area contributed by atoms with Crippen molar-refractivity contribution < 1.29 is 13.2 Å². The fraction of sp³-hybridized carbons (Fsp3) is 0.133. The molecule has 0 aliphatic rings. The van der Waals surface area contributed by atoms with E-state index in [9.17, 15) is 18.4 Å². The predicted octanol–water partition coefficient (Wildman–Crippen LogP) is 5.04. The van der Waals surface area contributed by atoms with E-state index in [1.807, 2.05) is 6.07 Å². The topological polar surface area (TPSA) is 35.8 Å². The molecule has 0 aliphatic heterocycles. The molecule has 2 nitrogen and oxygen atoms in total. The second-order valence-corrected chi connectivity index (χ2v) is 4.68. The number of benzene rings is 2. The molecule has 0 amide bonds. The minimum Gasteiger partial charge on any atom is -0.365 e. The van der Waals surface area contributed by atoms with Crippen molar-refractivity contribution in [1.29, 1.82) is 5.26 Å². The van der Waals surface area contributed by atoms with Crippen molar-refractivity contribution in [2.75, 3.05) is 5.32 Å². The summed E-state index contributed by atoms with van der Waals surface area (Å²) in [5.74, 6) is 0. The Morgan fingerprint density at radius 2 is 1.67 bits per heavy atom. The Morgan fingerprint density at radius 3 is 2.29 bits per heavy atom. The van der Waals surface area contributed by atoms with Crippen molar-refractivity contribution in [1.82, 2.24) is 0 Å². The van der Waals surface area contributed by atoms with Gasteiger partial charge in [0.25, 0.3) is 0 Å². The summed E-state index contributed by atoms with van der Waals surface area (Å²) in [7, 11) is 0. The SMILES string of the molecule is N#CC(Nc1ccccc1Cl)c1ccccc1C(F)(F)F. The maximum absolute atomic E-state index is 13.0. The van der Waals surface area contributed by atoms with Crippen LogP contribution >= 0.6 is 11.6 Å². The van der Waals surface area contributed by atoms with Crippen LogP contribution in [-0.2, 0) is 6.18 Å². The van der Waals surface area contributed by atoms with E-state index in [1.165, 1.54) is 18.2 Å². The van der Waals surface area contributed by atoms with Crippen LogP contribution in [0.25, 0.3) is 0 Å². The molecular weight excluding hydrogens is 301 g/mol. The van der Waals surface area contributed by atoms with Gasteiger partial charge in [0.05, 0.1) is 22.3 Å². The zero-order valence-corrected chi connectivity index (χ0v) is 11.4. The van der Waals surface area contributed by atoms with Crippen molar-refractivity contribution in [3.63, 3.8) is 0 Å². The first kappa shape index (κ1) is 15.2. The Kier molecular flexibility index (Phi) is 4.39. The molecule has 0 bridgehead atoms. The Balaban J connectivity index is 2.40. The van der Waals surface area contributed by atoms with Gasteiger partial charge in [0.15, 0.2) is 0 Å². The number of alkyl halides is 3. The predicted molar refractivity (Wildman–Crippen MR) is 74.9 cm³/mol. The quantitative estimate of drug-likeness (QED) is 0.862. The van der Waals surface area contributed by atoms with Gasteiger partial charge in [-0.25, -0.2) is 0 Å². The lowest BCUT2D eigenvalue weighted by molar-refractivity contribution is -0.138. The third kappa shape index (κ3) is 3.47. The van der Waals surface area contributed by atoms with E-state index in [0.29, 0.717) is 10.7 Å². The number of nitrogens with one attached hydrogen (secondary N) is 1. The molecule has 0 spiro atoms. The van der Waals surface area contributed by atoms with Gasteiger partial charge in [0.2, 0.25) is 0 Å². The first-order valence-electron chi connectivity index (χ1n) is 6.00. The number of halogens is 4. The number of hydrogen-bond acceptors (Lipinski definition) is 2. The number of hydrogen-bond donors (Lipinski definition) is 1. The van der Waals surface area contributed by atoms with Gasteiger partial charge in [0, 0.05) is 5.56 Å². The van der Waals surface area contributed by atoms with Crippen LogP contribution in [0.2, 0.25) is 5.02 Å². The third-order valence-corrected chi connectivity index (χ3v) is 3.21. The van der Waals surface area contributed by atoms with Crippen molar-refractivity contribution in [3.8, 4) is 6.07 Å². The molecular formula is C15H10ClF3N2. The number of para-hydroxylation sites is 1. The van der Waals surface area contributed by atoms with Crippen LogP contribution < -0.4 is 5.32 Å². The maximum atomic E-state index is 13.0. The van der Waals surface area contributed by atoms with Gasteiger partial charge >= 0.3 is 6.18 Å². The summed E-state index contributed by atoms with van der Waals surface area (Å²) in [6, 6.07) is 12.2. The molecule has 1 unspecified atom stereocenters. The highest BCUT2D eigenvalue weighted by Crippen LogP contribution is 2.36. The van der Waals surface area contributed by atoms with Crippen LogP contribution in [0.3, 0.4) is 0 Å². The molecule has 21 heavy (non-hydrogen) atoms. The molecule has 0 aliphatic carbocycles. The smallest absolute Gasteiger partial charge is 0.365 e. The Bertz CT molecular complexity index is 677. The van der Waals surface area contributed by atoms with Gasteiger partial charge in [-0.1, -0.05) is 41.9 Å². The lowest BCUT2D eigenvalue weighted by Gasteiger charge is -2.19. The van der Waals surface area contributed by atoms with E-state index < -0.39 is 17.8 Å². The van der Waals surface area contributed by atoms with E-state index in [1.54, 1.807) is 24.3 Å². The highest BCUT2D eigenvalue weighted by Gasteiger charge is 2.35. The van der Waals surface area contributed by atoms with Crippen LogP contribution in [-0.4, -0.2) is 0 Å². The second kappa shape index (κ2) is 6.06. The molecule has 0 saturated heterocycles. The summed E-state index contributed by atoms with van der Waals surface area (Å²) >= 11 is 5.95. The van der Waals surface area contributed by atoms with E-state index >= 15 is 0 Å². The number of nitrogens with zero attached hydrogens (tertiary/aromatic N) is 1. The molecule has 0 saturated carbocycles. The second-order valence-electron chi connectivity index (χ2n) is 4.27. The van der Waals surface area contributed by atoms with E-state index in [0.717, 1.165) is 6.07 Å². The van der Waals surface area contributed by atoms with E-state index in [2.05, 4.69) is 5.32 Å². The summed E-state index contributed by atoms with van der Waals surface area (Å²) in [4.78, 5) is 0. The molecule has 1 N–H and O–H groups in total.